The minimum absolute atomic E-state index is 0.0386. The van der Waals surface area contributed by atoms with Gasteiger partial charge in [-0.2, -0.15) is 0 Å². The molecule has 0 aliphatic rings. The third-order valence-corrected chi connectivity index (χ3v) is 5.29. The Bertz CT molecular complexity index is 565. The molecule has 0 spiro atoms. The maximum atomic E-state index is 12.2. The van der Waals surface area contributed by atoms with Crippen LogP contribution in [0.5, 0.6) is 0 Å². The van der Waals surface area contributed by atoms with Gasteiger partial charge in [0.2, 0.25) is 0 Å². The molecule has 0 N–H and O–H groups in total. The fraction of sp³-hybridized carbons (Fsp3) is 0.389. The number of nitriles is 1. The fourth-order valence-electron chi connectivity index (χ4n) is 1.92. The Balaban J connectivity index is 2.91. The second-order valence-electron chi connectivity index (χ2n) is 5.16. The van der Waals surface area contributed by atoms with Crippen LogP contribution in [0.25, 0.3) is 0 Å². The maximum absolute atomic E-state index is 12.2. The Hall–Kier alpha value is -1.60. The van der Waals surface area contributed by atoms with Crippen LogP contribution < -0.4 is 4.46 Å². The van der Waals surface area contributed by atoms with Crippen molar-refractivity contribution in [2.24, 2.45) is 0 Å². The first-order valence-electron chi connectivity index (χ1n) is 7.39. The van der Waals surface area contributed by atoms with E-state index < -0.39 is 5.60 Å². The van der Waals surface area contributed by atoms with Gasteiger partial charge in [-0.3, -0.25) is 0 Å². The van der Waals surface area contributed by atoms with Crippen molar-refractivity contribution in [1.29, 1.82) is 5.26 Å². The first-order valence-corrected chi connectivity index (χ1v) is 9.23. The van der Waals surface area contributed by atoms with Crippen LogP contribution in [0.2, 0.25) is 0 Å². The Morgan fingerprint density at radius 1 is 1.39 bits per heavy atom. The molecule has 0 aliphatic carbocycles. The van der Waals surface area contributed by atoms with Crippen molar-refractivity contribution in [2.75, 3.05) is 13.7 Å². The quantitative estimate of drug-likeness (QED) is 0.376. The van der Waals surface area contributed by atoms with E-state index >= 15 is 0 Å². The molecular weight excluding hydrogens is 357 g/mol. The summed E-state index contributed by atoms with van der Waals surface area (Å²) in [6, 6.07) is 12.0. The van der Waals surface area contributed by atoms with E-state index in [1.165, 1.54) is 10.9 Å². The van der Waals surface area contributed by atoms with Gasteiger partial charge in [-0.25, -0.2) is 0 Å². The van der Waals surface area contributed by atoms with Crippen LogP contribution >= 0.6 is 0 Å². The SMILES string of the molecule is CCOC(=O)/C(=C\[Se]c1ccccc1)CC(C)(C[CH]C#N)OC. The third kappa shape index (κ3) is 7.00. The average Bonchev–Trinajstić information content (AvgIpc) is 2.58. The second-order valence-corrected chi connectivity index (χ2v) is 7.14. The topological polar surface area (TPSA) is 59.3 Å². The first kappa shape index (κ1) is 19.4. The van der Waals surface area contributed by atoms with Gasteiger partial charge < -0.3 is 0 Å². The van der Waals surface area contributed by atoms with Crippen molar-refractivity contribution in [2.45, 2.75) is 32.3 Å². The Morgan fingerprint density at radius 3 is 2.65 bits per heavy atom. The van der Waals surface area contributed by atoms with E-state index in [9.17, 15) is 4.79 Å². The number of methoxy groups -OCH3 is 1. The van der Waals surface area contributed by atoms with Gasteiger partial charge in [-0.05, 0) is 0 Å². The Labute approximate surface area is 144 Å². The summed E-state index contributed by atoms with van der Waals surface area (Å²) < 4.78 is 11.9. The van der Waals surface area contributed by atoms with Gasteiger partial charge in [0.05, 0.1) is 0 Å². The molecule has 1 atom stereocenters. The van der Waals surface area contributed by atoms with E-state index in [1.54, 1.807) is 14.0 Å². The fourth-order valence-corrected chi connectivity index (χ4v) is 3.54. The molecule has 0 amide bonds. The summed E-state index contributed by atoms with van der Waals surface area (Å²) >= 11 is 0.0386. The van der Waals surface area contributed by atoms with Crippen LogP contribution in [0.4, 0.5) is 0 Å². The van der Waals surface area contributed by atoms with Gasteiger partial charge in [0, 0.05) is 0 Å². The molecule has 0 bridgehead atoms. The molecule has 0 saturated heterocycles. The molecule has 5 heteroatoms. The molecule has 0 saturated carbocycles. The van der Waals surface area contributed by atoms with Gasteiger partial charge in [0.25, 0.3) is 0 Å². The first-order chi connectivity index (χ1) is 11.0. The Morgan fingerprint density at radius 2 is 2.09 bits per heavy atom. The summed E-state index contributed by atoms with van der Waals surface area (Å²) in [5.74, 6) is -0.314. The number of carbonyl (C=O) groups excluding carboxylic acids is 1. The third-order valence-electron chi connectivity index (χ3n) is 3.30. The van der Waals surface area contributed by atoms with Gasteiger partial charge in [-0.1, -0.05) is 0 Å². The van der Waals surface area contributed by atoms with Crippen LogP contribution in [0.3, 0.4) is 0 Å². The monoisotopic (exact) mass is 380 g/mol. The standard InChI is InChI=1S/C18H22NO3Se/c1-4-22-17(20)15(13-18(2,21-3)11-8-12-19)14-23-16-9-6-5-7-10-16/h5-10,14H,4,11,13H2,1-3H3/b15-14-. The average molecular weight is 379 g/mol. The zero-order valence-electron chi connectivity index (χ0n) is 13.7. The van der Waals surface area contributed by atoms with E-state index in [-0.39, 0.29) is 20.9 Å². The number of nitrogens with zero attached hydrogens (tertiary/aromatic N) is 1. The molecule has 123 valence electrons. The predicted molar refractivity (Wildman–Crippen MR) is 91.1 cm³/mol. The molecule has 1 unspecified atom stereocenters. The van der Waals surface area contributed by atoms with Gasteiger partial charge in [-0.15, -0.1) is 0 Å². The summed E-state index contributed by atoms with van der Waals surface area (Å²) in [5, 5.41) is 8.74. The van der Waals surface area contributed by atoms with Crippen molar-refractivity contribution < 1.29 is 14.3 Å². The summed E-state index contributed by atoms with van der Waals surface area (Å²) in [6.07, 6.45) is 2.36. The molecule has 1 aromatic rings. The zero-order chi connectivity index (χ0) is 17.1. The van der Waals surface area contributed by atoms with Gasteiger partial charge >= 0.3 is 144 Å². The van der Waals surface area contributed by atoms with Crippen molar-refractivity contribution in [1.82, 2.24) is 0 Å². The number of hydrogen-bond donors (Lipinski definition) is 0. The van der Waals surface area contributed by atoms with E-state index in [1.807, 2.05) is 48.3 Å². The second kappa shape index (κ2) is 10.2. The number of carbonyl (C=O) groups is 1. The van der Waals surface area contributed by atoms with Crippen molar-refractivity contribution in [3.8, 4) is 6.07 Å². The van der Waals surface area contributed by atoms with Crippen LogP contribution in [0.1, 0.15) is 26.7 Å². The van der Waals surface area contributed by atoms with E-state index in [0.29, 0.717) is 25.0 Å². The summed E-state index contributed by atoms with van der Waals surface area (Å²) in [5.41, 5.74) is 0.00700. The molecular formula is C18H22NO3Se. The minimum atomic E-state index is -0.596. The van der Waals surface area contributed by atoms with E-state index in [2.05, 4.69) is 0 Å². The van der Waals surface area contributed by atoms with Crippen LogP contribution in [-0.2, 0) is 14.3 Å². The van der Waals surface area contributed by atoms with E-state index in [4.69, 9.17) is 14.7 Å². The van der Waals surface area contributed by atoms with Crippen LogP contribution in [0, 0.1) is 17.8 Å². The molecule has 23 heavy (non-hydrogen) atoms. The van der Waals surface area contributed by atoms with Crippen molar-refractivity contribution >= 4 is 25.4 Å². The molecule has 1 rings (SSSR count). The molecule has 0 aromatic heterocycles. The Kier molecular flexibility index (Phi) is 8.65. The number of esters is 1. The van der Waals surface area contributed by atoms with Gasteiger partial charge in [0.1, 0.15) is 0 Å². The number of hydrogen-bond acceptors (Lipinski definition) is 4. The zero-order valence-corrected chi connectivity index (χ0v) is 15.5. The number of ether oxygens (including phenoxy) is 2. The molecule has 0 fully saturated rings. The van der Waals surface area contributed by atoms with Crippen LogP contribution in [0.15, 0.2) is 40.9 Å². The summed E-state index contributed by atoms with van der Waals surface area (Å²) in [4.78, 5) is 14.2. The molecule has 0 heterocycles. The molecule has 0 aliphatic heterocycles. The van der Waals surface area contributed by atoms with Gasteiger partial charge in [0.15, 0.2) is 0 Å². The van der Waals surface area contributed by atoms with Crippen molar-refractivity contribution in [3.63, 3.8) is 0 Å². The molecule has 4 nitrogen and oxygen atoms in total. The molecule has 1 aromatic carbocycles. The summed E-state index contributed by atoms with van der Waals surface area (Å²) in [7, 11) is 1.59. The van der Waals surface area contributed by atoms with Crippen molar-refractivity contribution in [3.05, 3.63) is 47.3 Å². The van der Waals surface area contributed by atoms with Crippen LogP contribution in [-0.4, -0.2) is 40.2 Å². The van der Waals surface area contributed by atoms with E-state index in [0.717, 1.165) is 0 Å². The normalized spacial score (nSPS) is 13.9. The summed E-state index contributed by atoms with van der Waals surface area (Å²) in [6.45, 7) is 4.02. The number of benzene rings is 1. The molecule has 1 radical (unpaired) electrons. The predicted octanol–water partition coefficient (Wildman–Crippen LogP) is 2.38. The number of rotatable bonds is 9.